The fraction of sp³-hybridized carbons (Fsp3) is 1.00. The number of hydrogen-bond acceptors (Lipinski definition) is 16. The molecule has 0 bridgehead atoms. The molecule has 0 amide bonds. The molecular formula is C31H64O16. The first-order valence-electron chi connectivity index (χ1n) is 16.6. The van der Waals surface area contributed by atoms with E-state index in [4.69, 9.17) is 76.2 Å². The van der Waals surface area contributed by atoms with E-state index < -0.39 is 0 Å². The third-order valence-corrected chi connectivity index (χ3v) is 5.50. The molecule has 0 saturated heterocycles. The molecule has 0 aliphatic heterocycles. The van der Waals surface area contributed by atoms with Crippen LogP contribution < -0.4 is 0 Å². The van der Waals surface area contributed by atoms with E-state index >= 15 is 0 Å². The first-order chi connectivity index (χ1) is 23.4. The van der Waals surface area contributed by atoms with Gasteiger partial charge in [-0.1, -0.05) is 0 Å². The van der Waals surface area contributed by atoms with Crippen molar-refractivity contribution in [3.8, 4) is 0 Å². The standard InChI is InChI=1S/C31H64O16/c1-33-4-5-35-8-9-37-12-13-39-16-17-41-20-21-43-24-25-45-28-29-47-31-30-46-27-26-44-23-22-42-19-18-40-15-14-38-11-10-36-7-6-34-3-2-32/h32H,2-31H2,1H3. The van der Waals surface area contributed by atoms with Crippen molar-refractivity contribution in [1.82, 2.24) is 0 Å². The normalized spacial score (nSPS) is 11.6. The fourth-order valence-corrected chi connectivity index (χ4v) is 3.17. The van der Waals surface area contributed by atoms with Crippen LogP contribution in [0.4, 0.5) is 0 Å². The van der Waals surface area contributed by atoms with E-state index in [0.717, 1.165) is 0 Å². The summed E-state index contributed by atoms with van der Waals surface area (Å²) < 4.78 is 80.5. The third-order valence-electron chi connectivity index (χ3n) is 5.50. The van der Waals surface area contributed by atoms with E-state index in [1.54, 1.807) is 7.11 Å². The number of aliphatic hydroxyl groups excluding tert-OH is 1. The molecule has 0 heterocycles. The third kappa shape index (κ3) is 45.4. The van der Waals surface area contributed by atoms with Crippen molar-refractivity contribution >= 4 is 0 Å². The highest BCUT2D eigenvalue weighted by Crippen LogP contribution is 1.88. The second-order valence-electron chi connectivity index (χ2n) is 9.29. The fourth-order valence-electron chi connectivity index (χ4n) is 3.17. The molecule has 0 spiro atoms. The smallest absolute Gasteiger partial charge is 0.0701 e. The molecule has 0 fully saturated rings. The Morgan fingerprint density at radius 2 is 0.340 bits per heavy atom. The minimum Gasteiger partial charge on any atom is -0.394 e. The molecule has 1 N–H and O–H groups in total. The second-order valence-corrected chi connectivity index (χ2v) is 9.29. The summed E-state index contributed by atoms with van der Waals surface area (Å²) in [5.41, 5.74) is 0. The van der Waals surface area contributed by atoms with Gasteiger partial charge in [0.1, 0.15) is 0 Å². The molecule has 16 heteroatoms. The molecule has 16 nitrogen and oxygen atoms in total. The molecule has 0 saturated carbocycles. The van der Waals surface area contributed by atoms with Crippen molar-refractivity contribution in [1.29, 1.82) is 0 Å². The Morgan fingerprint density at radius 1 is 0.213 bits per heavy atom. The van der Waals surface area contributed by atoms with Crippen LogP contribution in [0.5, 0.6) is 0 Å². The van der Waals surface area contributed by atoms with Crippen molar-refractivity contribution in [3.05, 3.63) is 0 Å². The van der Waals surface area contributed by atoms with Crippen molar-refractivity contribution in [2.45, 2.75) is 0 Å². The van der Waals surface area contributed by atoms with Crippen LogP contribution in [-0.2, 0) is 71.1 Å². The van der Waals surface area contributed by atoms with E-state index in [0.29, 0.717) is 192 Å². The Bertz CT molecular complexity index is 494. The minimum absolute atomic E-state index is 0.0236. The van der Waals surface area contributed by atoms with Gasteiger partial charge >= 0.3 is 0 Å². The molecule has 0 unspecified atom stereocenters. The Labute approximate surface area is 281 Å². The lowest BCUT2D eigenvalue weighted by atomic mass is 10.6. The molecule has 0 aromatic rings. The van der Waals surface area contributed by atoms with Crippen LogP contribution in [0.3, 0.4) is 0 Å². The maximum atomic E-state index is 8.58. The summed E-state index contributed by atoms with van der Waals surface area (Å²) in [5.74, 6) is 0. The molecular weight excluding hydrogens is 628 g/mol. The van der Waals surface area contributed by atoms with Gasteiger partial charge in [-0.2, -0.15) is 0 Å². The quantitative estimate of drug-likeness (QED) is 0.0841. The summed E-state index contributed by atoms with van der Waals surface area (Å²) in [4.78, 5) is 0. The average Bonchev–Trinajstić information content (AvgIpc) is 3.08. The molecule has 0 radical (unpaired) electrons. The van der Waals surface area contributed by atoms with E-state index in [1.807, 2.05) is 0 Å². The van der Waals surface area contributed by atoms with Crippen LogP contribution >= 0.6 is 0 Å². The maximum absolute atomic E-state index is 8.58. The van der Waals surface area contributed by atoms with Gasteiger partial charge in [0.25, 0.3) is 0 Å². The summed E-state index contributed by atoms with van der Waals surface area (Å²) in [6.45, 7) is 14.7. The minimum atomic E-state index is 0.0236. The zero-order valence-electron chi connectivity index (χ0n) is 28.8. The highest BCUT2D eigenvalue weighted by molar-refractivity contribution is 4.40. The highest BCUT2D eigenvalue weighted by Gasteiger charge is 1.97. The van der Waals surface area contributed by atoms with E-state index in [2.05, 4.69) is 0 Å². The Kier molecular flexibility index (Phi) is 44.7. The zero-order valence-corrected chi connectivity index (χ0v) is 28.8. The second kappa shape index (κ2) is 45.4. The molecule has 0 aromatic carbocycles. The van der Waals surface area contributed by atoms with Gasteiger partial charge in [-0.25, -0.2) is 0 Å². The summed E-state index contributed by atoms with van der Waals surface area (Å²) >= 11 is 0. The molecule has 47 heavy (non-hydrogen) atoms. The van der Waals surface area contributed by atoms with Gasteiger partial charge in [0.05, 0.1) is 198 Å². The van der Waals surface area contributed by atoms with Crippen molar-refractivity contribution in [2.24, 2.45) is 0 Å². The van der Waals surface area contributed by atoms with Gasteiger partial charge in [-0.05, 0) is 0 Å². The monoisotopic (exact) mass is 692 g/mol. The summed E-state index contributed by atoms with van der Waals surface area (Å²) in [7, 11) is 1.64. The summed E-state index contributed by atoms with van der Waals surface area (Å²) in [6.07, 6.45) is 0. The zero-order chi connectivity index (χ0) is 33.8. The average molecular weight is 693 g/mol. The molecule has 0 aliphatic carbocycles. The lowest BCUT2D eigenvalue weighted by Crippen LogP contribution is -2.15. The lowest BCUT2D eigenvalue weighted by Gasteiger charge is -2.09. The van der Waals surface area contributed by atoms with Crippen molar-refractivity contribution in [3.63, 3.8) is 0 Å². The van der Waals surface area contributed by atoms with Gasteiger partial charge in [-0.15, -0.1) is 0 Å². The molecule has 0 atom stereocenters. The van der Waals surface area contributed by atoms with Gasteiger partial charge in [0, 0.05) is 7.11 Å². The molecule has 0 aromatic heterocycles. The van der Waals surface area contributed by atoms with E-state index in [-0.39, 0.29) is 6.61 Å². The van der Waals surface area contributed by atoms with Gasteiger partial charge in [-0.3, -0.25) is 0 Å². The van der Waals surface area contributed by atoms with E-state index in [1.165, 1.54) is 0 Å². The first-order valence-corrected chi connectivity index (χ1v) is 16.6. The highest BCUT2D eigenvalue weighted by atomic mass is 16.6. The van der Waals surface area contributed by atoms with Gasteiger partial charge in [0.2, 0.25) is 0 Å². The van der Waals surface area contributed by atoms with Crippen LogP contribution in [0, 0.1) is 0 Å². The number of hydrogen-bond donors (Lipinski definition) is 1. The Balaban J connectivity index is 3.03. The van der Waals surface area contributed by atoms with Crippen LogP contribution in [0.15, 0.2) is 0 Å². The Hall–Kier alpha value is -0.640. The predicted octanol–water partition coefficient (Wildman–Crippen LogP) is -0.142. The van der Waals surface area contributed by atoms with Gasteiger partial charge < -0.3 is 76.2 Å². The summed E-state index contributed by atoms with van der Waals surface area (Å²) in [6, 6.07) is 0. The topological polar surface area (TPSA) is 159 Å². The molecule has 0 aliphatic rings. The number of rotatable bonds is 44. The molecule has 0 rings (SSSR count). The lowest BCUT2D eigenvalue weighted by molar-refractivity contribution is -0.0300. The van der Waals surface area contributed by atoms with Gasteiger partial charge in [0.15, 0.2) is 0 Å². The summed E-state index contributed by atoms with van der Waals surface area (Å²) in [5, 5.41) is 8.58. The van der Waals surface area contributed by atoms with Crippen molar-refractivity contribution < 1.29 is 76.2 Å². The number of methoxy groups -OCH3 is 1. The Morgan fingerprint density at radius 3 is 0.468 bits per heavy atom. The van der Waals surface area contributed by atoms with Crippen LogP contribution in [-0.4, -0.2) is 210 Å². The maximum Gasteiger partial charge on any atom is 0.0701 e. The van der Waals surface area contributed by atoms with Crippen LogP contribution in [0.1, 0.15) is 0 Å². The van der Waals surface area contributed by atoms with Crippen LogP contribution in [0.25, 0.3) is 0 Å². The first kappa shape index (κ1) is 46.4. The van der Waals surface area contributed by atoms with Crippen molar-refractivity contribution in [2.75, 3.05) is 205 Å². The van der Waals surface area contributed by atoms with E-state index in [9.17, 15) is 0 Å². The van der Waals surface area contributed by atoms with Crippen LogP contribution in [0.2, 0.25) is 0 Å². The predicted molar refractivity (Wildman–Crippen MR) is 170 cm³/mol. The largest absolute Gasteiger partial charge is 0.394 e. The SMILES string of the molecule is COCCOCCOCCOCCOCCOCCOCCOCCOCCOCCOCCOCCOCCOCCOCCO. The number of ether oxygens (including phenoxy) is 15. The molecule has 284 valence electrons. The number of aliphatic hydroxyl groups is 1.